The van der Waals surface area contributed by atoms with E-state index in [9.17, 15) is 26.3 Å². The zero-order valence-electron chi connectivity index (χ0n) is 21.3. The van der Waals surface area contributed by atoms with Crippen molar-refractivity contribution in [1.29, 1.82) is 0 Å². The molecule has 2 aromatic carbocycles. The van der Waals surface area contributed by atoms with Gasteiger partial charge in [-0.15, -0.1) is 12.4 Å². The van der Waals surface area contributed by atoms with E-state index < -0.39 is 23.5 Å². The second-order valence-electron chi connectivity index (χ2n) is 9.56. The Kier molecular flexibility index (Phi) is 9.80. The molecule has 0 unspecified atom stereocenters. The van der Waals surface area contributed by atoms with Crippen LogP contribution in [0, 0.1) is 0 Å². The summed E-state index contributed by atoms with van der Waals surface area (Å²) in [6, 6.07) is 10.9. The third-order valence-corrected chi connectivity index (χ3v) is 6.83. The molecule has 12 heteroatoms. The number of pyridine rings is 1. The molecule has 0 N–H and O–H groups in total. The van der Waals surface area contributed by atoms with Crippen molar-refractivity contribution in [2.75, 3.05) is 45.2 Å². The molecule has 1 saturated heterocycles. The van der Waals surface area contributed by atoms with Crippen LogP contribution in [0.2, 0.25) is 5.02 Å². The number of benzene rings is 2. The van der Waals surface area contributed by atoms with Gasteiger partial charge in [0.15, 0.2) is 0 Å². The molecule has 1 aliphatic rings. The minimum absolute atomic E-state index is 0. The quantitative estimate of drug-likeness (QED) is 0.281. The Labute approximate surface area is 234 Å². The second-order valence-corrected chi connectivity index (χ2v) is 9.96. The average Bonchev–Trinajstić information content (AvgIpc) is 2.84. The molecule has 4 nitrogen and oxygen atoms in total. The highest BCUT2D eigenvalue weighted by Crippen LogP contribution is 2.37. The van der Waals surface area contributed by atoms with Crippen molar-refractivity contribution in [1.82, 2.24) is 14.8 Å². The number of likely N-dealkylation sites (N-methyl/N-ethyl adjacent to an activating group) is 1. The van der Waals surface area contributed by atoms with E-state index in [1.165, 1.54) is 0 Å². The molecule has 0 radical (unpaired) electrons. The summed E-state index contributed by atoms with van der Waals surface area (Å²) >= 11 is 6.51. The molecule has 1 aliphatic heterocycles. The van der Waals surface area contributed by atoms with Crippen LogP contribution in [0.5, 0.6) is 0 Å². The lowest BCUT2D eigenvalue weighted by molar-refractivity contribution is -0.143. The van der Waals surface area contributed by atoms with Gasteiger partial charge in [0, 0.05) is 56.1 Å². The molecule has 0 aliphatic carbocycles. The first-order valence-corrected chi connectivity index (χ1v) is 12.3. The van der Waals surface area contributed by atoms with Crippen LogP contribution in [0.15, 0.2) is 54.7 Å². The fourth-order valence-electron chi connectivity index (χ4n) is 4.51. The standard InChI is InChI=1S/C27H27ClF6N4.ClH/c1-36-7-9-38(10-8-36)25-14-23(22-5-3-4-6-24(22)28)19(15-35-25)17-37(2)16-18-11-20(26(29,30)31)13-21(12-18)27(32,33)34;/h3-6,11-15H,7-10,16-17H2,1-2H3;1H. The zero-order chi connectivity index (χ0) is 27.7. The van der Waals surface area contributed by atoms with E-state index in [-0.39, 0.29) is 37.1 Å². The first-order chi connectivity index (χ1) is 17.8. The lowest BCUT2D eigenvalue weighted by atomic mass is 10.00. The summed E-state index contributed by atoms with van der Waals surface area (Å²) in [6.07, 6.45) is -8.08. The number of nitrogens with zero attached hydrogens (tertiary/aromatic N) is 4. The number of aromatic nitrogens is 1. The molecule has 0 saturated carbocycles. The van der Waals surface area contributed by atoms with E-state index in [0.717, 1.165) is 60.8 Å². The van der Waals surface area contributed by atoms with Crippen LogP contribution < -0.4 is 4.90 Å². The molecular weight excluding hydrogens is 565 g/mol. The lowest BCUT2D eigenvalue weighted by Gasteiger charge is -2.33. The van der Waals surface area contributed by atoms with Gasteiger partial charge in [0.1, 0.15) is 5.82 Å². The minimum atomic E-state index is -4.89. The summed E-state index contributed by atoms with van der Waals surface area (Å²) in [5, 5.41) is 0.527. The highest BCUT2D eigenvalue weighted by Gasteiger charge is 2.37. The summed E-state index contributed by atoms with van der Waals surface area (Å²) < 4.78 is 79.8. The number of alkyl halides is 6. The third-order valence-electron chi connectivity index (χ3n) is 6.50. The van der Waals surface area contributed by atoms with Gasteiger partial charge in [-0.25, -0.2) is 4.98 Å². The van der Waals surface area contributed by atoms with E-state index in [1.54, 1.807) is 24.2 Å². The van der Waals surface area contributed by atoms with Gasteiger partial charge < -0.3 is 9.80 Å². The van der Waals surface area contributed by atoms with Crippen LogP contribution in [0.25, 0.3) is 11.1 Å². The van der Waals surface area contributed by atoms with E-state index in [2.05, 4.69) is 21.8 Å². The van der Waals surface area contributed by atoms with Crippen LogP contribution in [-0.2, 0) is 25.4 Å². The van der Waals surface area contributed by atoms with Crippen molar-refractivity contribution in [3.05, 3.63) is 82.0 Å². The summed E-state index contributed by atoms with van der Waals surface area (Å²) in [6.45, 7) is 3.50. The molecule has 0 spiro atoms. The monoisotopic (exact) mass is 592 g/mol. The average molecular weight is 593 g/mol. The Morgan fingerprint density at radius 1 is 0.846 bits per heavy atom. The first-order valence-electron chi connectivity index (χ1n) is 12.0. The minimum Gasteiger partial charge on any atom is -0.354 e. The summed E-state index contributed by atoms with van der Waals surface area (Å²) in [5.74, 6) is 0.784. The van der Waals surface area contributed by atoms with Gasteiger partial charge in [-0.1, -0.05) is 29.8 Å². The Hall–Kier alpha value is -2.53. The SMILES string of the molecule is CN1CCN(c2cc(-c3ccccc3Cl)c(CN(C)Cc3cc(C(F)(F)F)cc(C(F)(F)F)c3)cn2)CC1.Cl. The number of hydrogen-bond donors (Lipinski definition) is 0. The molecule has 1 aromatic heterocycles. The summed E-state index contributed by atoms with van der Waals surface area (Å²) in [7, 11) is 3.69. The van der Waals surface area contributed by atoms with Crippen LogP contribution in [0.4, 0.5) is 32.2 Å². The number of piperazine rings is 1. The third kappa shape index (κ3) is 7.78. The molecule has 2 heterocycles. The van der Waals surface area contributed by atoms with Crippen molar-refractivity contribution in [3.8, 4) is 11.1 Å². The molecule has 0 amide bonds. The fraction of sp³-hybridized carbons (Fsp3) is 0.370. The topological polar surface area (TPSA) is 22.6 Å². The van der Waals surface area contributed by atoms with Crippen molar-refractivity contribution in [2.24, 2.45) is 0 Å². The first kappa shape index (κ1) is 31.0. The van der Waals surface area contributed by atoms with E-state index in [1.807, 2.05) is 24.3 Å². The zero-order valence-corrected chi connectivity index (χ0v) is 22.9. The molecule has 212 valence electrons. The summed E-state index contributed by atoms with van der Waals surface area (Å²) in [5.41, 5.74) is -0.408. The Morgan fingerprint density at radius 2 is 1.44 bits per heavy atom. The molecule has 4 rings (SSSR count). The molecule has 3 aromatic rings. The second kappa shape index (κ2) is 12.3. The highest BCUT2D eigenvalue weighted by atomic mass is 35.5. The Bertz CT molecular complexity index is 1240. The predicted octanol–water partition coefficient (Wildman–Crippen LogP) is 7.25. The van der Waals surface area contributed by atoms with E-state index >= 15 is 0 Å². The van der Waals surface area contributed by atoms with Crippen LogP contribution >= 0.6 is 24.0 Å². The smallest absolute Gasteiger partial charge is 0.354 e. The van der Waals surface area contributed by atoms with Gasteiger partial charge in [-0.2, -0.15) is 26.3 Å². The van der Waals surface area contributed by atoms with Gasteiger partial charge >= 0.3 is 12.4 Å². The van der Waals surface area contributed by atoms with Gasteiger partial charge in [0.25, 0.3) is 0 Å². The van der Waals surface area contributed by atoms with Crippen molar-refractivity contribution in [2.45, 2.75) is 25.4 Å². The Balaban J connectivity index is 0.00000420. The normalized spacial score (nSPS) is 15.0. The van der Waals surface area contributed by atoms with Gasteiger partial charge in [0.2, 0.25) is 0 Å². The van der Waals surface area contributed by atoms with Crippen LogP contribution in [-0.4, -0.2) is 55.1 Å². The molecular formula is C27H28Cl2F6N4. The lowest BCUT2D eigenvalue weighted by Crippen LogP contribution is -2.44. The van der Waals surface area contributed by atoms with Crippen molar-refractivity contribution in [3.63, 3.8) is 0 Å². The summed E-state index contributed by atoms with van der Waals surface area (Å²) in [4.78, 5) is 10.7. The number of rotatable bonds is 6. The van der Waals surface area contributed by atoms with Gasteiger partial charge in [-0.05, 0) is 61.1 Å². The fourth-order valence-corrected chi connectivity index (χ4v) is 4.74. The van der Waals surface area contributed by atoms with Gasteiger partial charge in [0.05, 0.1) is 11.1 Å². The maximum atomic E-state index is 13.3. The maximum Gasteiger partial charge on any atom is 0.416 e. The maximum absolute atomic E-state index is 13.3. The molecule has 1 fully saturated rings. The highest BCUT2D eigenvalue weighted by molar-refractivity contribution is 6.33. The van der Waals surface area contributed by atoms with Crippen molar-refractivity contribution < 1.29 is 26.3 Å². The van der Waals surface area contributed by atoms with E-state index in [4.69, 9.17) is 11.6 Å². The van der Waals surface area contributed by atoms with Crippen LogP contribution in [0.1, 0.15) is 22.3 Å². The van der Waals surface area contributed by atoms with Crippen molar-refractivity contribution >= 4 is 29.8 Å². The van der Waals surface area contributed by atoms with Gasteiger partial charge in [-0.3, -0.25) is 4.90 Å². The number of halogens is 8. The number of hydrogen-bond acceptors (Lipinski definition) is 4. The van der Waals surface area contributed by atoms with Crippen LogP contribution in [0.3, 0.4) is 0 Å². The number of anilines is 1. The predicted molar refractivity (Wildman–Crippen MR) is 143 cm³/mol. The van der Waals surface area contributed by atoms with E-state index in [0.29, 0.717) is 5.02 Å². The Morgan fingerprint density at radius 3 is 2.00 bits per heavy atom. The molecule has 39 heavy (non-hydrogen) atoms. The molecule has 0 atom stereocenters. The largest absolute Gasteiger partial charge is 0.416 e. The molecule has 0 bridgehead atoms.